The van der Waals surface area contributed by atoms with Crippen molar-refractivity contribution >= 4 is 15.7 Å². The van der Waals surface area contributed by atoms with E-state index in [-0.39, 0.29) is 17.4 Å². The minimum absolute atomic E-state index is 0.0809. The molecule has 1 fully saturated rings. The molecule has 2 aromatic carbocycles. The van der Waals surface area contributed by atoms with Crippen molar-refractivity contribution < 1.29 is 27.7 Å². The molecule has 148 valence electrons. The van der Waals surface area contributed by atoms with Crippen molar-refractivity contribution in [2.45, 2.75) is 11.4 Å². The van der Waals surface area contributed by atoms with Crippen LogP contribution in [0.2, 0.25) is 0 Å². The summed E-state index contributed by atoms with van der Waals surface area (Å²) in [6.45, 7) is 3.19. The number of nitro groups is 1. The van der Waals surface area contributed by atoms with Gasteiger partial charge in [0.1, 0.15) is 6.54 Å². The van der Waals surface area contributed by atoms with Crippen molar-refractivity contribution in [3.05, 3.63) is 58.1 Å². The Morgan fingerprint density at radius 1 is 1.04 bits per heavy atom. The lowest BCUT2D eigenvalue weighted by Crippen LogP contribution is -3.13. The van der Waals surface area contributed by atoms with Gasteiger partial charge in [0.2, 0.25) is 16.8 Å². The molecule has 2 aliphatic heterocycles. The lowest BCUT2D eigenvalue weighted by molar-refractivity contribution is -0.917. The molecule has 0 bridgehead atoms. The van der Waals surface area contributed by atoms with Gasteiger partial charge in [-0.3, -0.25) is 10.1 Å². The average molecular weight is 406 g/mol. The largest absolute Gasteiger partial charge is 0.454 e. The lowest BCUT2D eigenvalue weighted by Gasteiger charge is -2.31. The number of piperazine rings is 1. The molecule has 0 radical (unpaired) electrons. The van der Waals surface area contributed by atoms with Crippen LogP contribution in [0.4, 0.5) is 5.69 Å². The smallest absolute Gasteiger partial charge is 0.269 e. The highest BCUT2D eigenvalue weighted by molar-refractivity contribution is 7.89. The molecule has 1 saturated heterocycles. The standard InChI is InChI=1S/C18H19N3O6S/c22-21(23)15-2-4-16(5-3-15)28(24,25)20-9-7-19(8-10-20)12-14-1-6-17-18(11-14)27-13-26-17/h1-6,11H,7-10,12-13H2/p+1. The minimum Gasteiger partial charge on any atom is -0.454 e. The van der Waals surface area contributed by atoms with Gasteiger partial charge in [0.05, 0.1) is 36.0 Å². The molecule has 2 aliphatic rings. The van der Waals surface area contributed by atoms with Gasteiger partial charge in [-0.2, -0.15) is 4.31 Å². The van der Waals surface area contributed by atoms with Crippen LogP contribution in [0, 0.1) is 10.1 Å². The zero-order valence-electron chi connectivity index (χ0n) is 15.0. The summed E-state index contributed by atoms with van der Waals surface area (Å²) in [5, 5.41) is 10.7. The minimum atomic E-state index is -3.65. The number of rotatable bonds is 5. The van der Waals surface area contributed by atoms with Gasteiger partial charge in [0.25, 0.3) is 5.69 Å². The average Bonchev–Trinajstić information content (AvgIpc) is 3.16. The fourth-order valence-electron chi connectivity index (χ4n) is 3.45. The molecular weight excluding hydrogens is 386 g/mol. The topological polar surface area (TPSA) is 103 Å². The van der Waals surface area contributed by atoms with Crippen LogP contribution in [0.15, 0.2) is 47.4 Å². The van der Waals surface area contributed by atoms with Crippen LogP contribution in [-0.2, 0) is 16.6 Å². The van der Waals surface area contributed by atoms with Gasteiger partial charge < -0.3 is 14.4 Å². The van der Waals surface area contributed by atoms with Crippen LogP contribution >= 0.6 is 0 Å². The zero-order valence-corrected chi connectivity index (χ0v) is 15.9. The Bertz CT molecular complexity index is 985. The lowest BCUT2D eigenvalue weighted by atomic mass is 10.2. The van der Waals surface area contributed by atoms with Crippen LogP contribution in [0.1, 0.15) is 5.56 Å². The van der Waals surface area contributed by atoms with Gasteiger partial charge in [-0.05, 0) is 30.3 Å². The van der Waals surface area contributed by atoms with Gasteiger partial charge >= 0.3 is 0 Å². The number of non-ortho nitro benzene ring substituents is 1. The maximum Gasteiger partial charge on any atom is 0.269 e. The molecule has 2 aromatic rings. The van der Waals surface area contributed by atoms with E-state index in [0.717, 1.165) is 23.6 Å². The quantitative estimate of drug-likeness (QED) is 0.570. The Balaban J connectivity index is 1.38. The molecule has 1 N–H and O–H groups in total. The molecule has 0 unspecified atom stereocenters. The summed E-state index contributed by atoms with van der Waals surface area (Å²) in [7, 11) is -3.65. The highest BCUT2D eigenvalue weighted by atomic mass is 32.2. The van der Waals surface area contributed by atoms with Crippen LogP contribution < -0.4 is 14.4 Å². The number of hydrogen-bond acceptors (Lipinski definition) is 6. The van der Waals surface area contributed by atoms with Crippen molar-refractivity contribution in [2.75, 3.05) is 33.0 Å². The number of nitrogens with zero attached hydrogens (tertiary/aromatic N) is 2. The fraction of sp³-hybridized carbons (Fsp3) is 0.333. The molecule has 0 amide bonds. The third-order valence-electron chi connectivity index (χ3n) is 5.01. The van der Waals surface area contributed by atoms with Crippen LogP contribution in [-0.4, -0.2) is 50.6 Å². The van der Waals surface area contributed by atoms with E-state index in [4.69, 9.17) is 9.47 Å². The second-order valence-electron chi connectivity index (χ2n) is 6.77. The Kier molecular flexibility index (Phi) is 4.92. The number of benzene rings is 2. The second-order valence-corrected chi connectivity index (χ2v) is 8.71. The van der Waals surface area contributed by atoms with Gasteiger partial charge in [-0.15, -0.1) is 0 Å². The number of quaternary nitrogens is 1. The van der Waals surface area contributed by atoms with E-state index >= 15 is 0 Å². The predicted molar refractivity (Wildman–Crippen MR) is 98.8 cm³/mol. The van der Waals surface area contributed by atoms with Gasteiger partial charge in [0, 0.05) is 17.7 Å². The van der Waals surface area contributed by atoms with Crippen molar-refractivity contribution in [1.29, 1.82) is 0 Å². The van der Waals surface area contributed by atoms with Crippen LogP contribution in [0.5, 0.6) is 11.5 Å². The Morgan fingerprint density at radius 3 is 2.39 bits per heavy atom. The Morgan fingerprint density at radius 2 is 1.71 bits per heavy atom. The summed E-state index contributed by atoms with van der Waals surface area (Å²) in [5.74, 6) is 1.49. The summed E-state index contributed by atoms with van der Waals surface area (Å²) in [6.07, 6.45) is 0. The summed E-state index contributed by atoms with van der Waals surface area (Å²) in [6, 6.07) is 10.9. The first-order chi connectivity index (χ1) is 13.4. The molecule has 28 heavy (non-hydrogen) atoms. The first-order valence-electron chi connectivity index (χ1n) is 8.90. The Hall–Kier alpha value is -2.69. The van der Waals surface area contributed by atoms with E-state index in [1.165, 1.54) is 33.5 Å². The van der Waals surface area contributed by atoms with Crippen LogP contribution in [0.25, 0.3) is 0 Å². The molecule has 0 atom stereocenters. The number of hydrogen-bond donors (Lipinski definition) is 1. The van der Waals surface area contributed by atoms with Crippen molar-refractivity contribution in [1.82, 2.24) is 4.31 Å². The van der Waals surface area contributed by atoms with Crippen molar-refractivity contribution in [3.63, 3.8) is 0 Å². The molecule has 2 heterocycles. The van der Waals surface area contributed by atoms with Crippen molar-refractivity contribution in [2.24, 2.45) is 0 Å². The molecule has 9 nitrogen and oxygen atoms in total. The summed E-state index contributed by atoms with van der Waals surface area (Å²) in [4.78, 5) is 11.6. The third-order valence-corrected chi connectivity index (χ3v) is 6.92. The first-order valence-corrected chi connectivity index (χ1v) is 10.3. The predicted octanol–water partition coefficient (Wildman–Crippen LogP) is 0.413. The van der Waals surface area contributed by atoms with E-state index < -0.39 is 14.9 Å². The second kappa shape index (κ2) is 7.38. The maximum atomic E-state index is 12.8. The number of sulfonamides is 1. The summed E-state index contributed by atoms with van der Waals surface area (Å²) < 4.78 is 37.7. The molecule has 0 spiro atoms. The summed E-state index contributed by atoms with van der Waals surface area (Å²) in [5.41, 5.74) is 0.989. The molecule has 10 heteroatoms. The normalized spacial score (nSPS) is 17.6. The number of nitrogens with one attached hydrogen (secondary N) is 1. The van der Waals surface area contributed by atoms with Gasteiger partial charge in [-0.1, -0.05) is 0 Å². The third kappa shape index (κ3) is 3.66. The highest BCUT2D eigenvalue weighted by Crippen LogP contribution is 2.32. The van der Waals surface area contributed by atoms with E-state index in [9.17, 15) is 18.5 Å². The number of ether oxygens (including phenoxy) is 2. The van der Waals surface area contributed by atoms with Gasteiger partial charge in [-0.25, -0.2) is 8.42 Å². The molecule has 4 rings (SSSR count). The summed E-state index contributed by atoms with van der Waals surface area (Å²) >= 11 is 0. The molecular formula is C18H20N3O6S+. The van der Waals surface area contributed by atoms with Gasteiger partial charge in [0.15, 0.2) is 11.5 Å². The maximum absolute atomic E-state index is 12.8. The first kappa shape index (κ1) is 18.7. The zero-order chi connectivity index (χ0) is 19.7. The van der Waals surface area contributed by atoms with E-state index in [0.29, 0.717) is 26.2 Å². The fourth-order valence-corrected chi connectivity index (χ4v) is 4.89. The highest BCUT2D eigenvalue weighted by Gasteiger charge is 2.31. The Labute approximate surface area is 162 Å². The van der Waals surface area contributed by atoms with E-state index in [1.54, 1.807) is 0 Å². The van der Waals surface area contributed by atoms with Crippen LogP contribution in [0.3, 0.4) is 0 Å². The van der Waals surface area contributed by atoms with E-state index in [2.05, 4.69) is 0 Å². The SMILES string of the molecule is O=[N+]([O-])c1ccc(S(=O)(=O)N2CC[NH+](Cc3ccc4c(c3)OCO4)CC2)cc1. The molecule has 0 aliphatic carbocycles. The molecule has 0 aromatic heterocycles. The molecule has 0 saturated carbocycles. The number of nitro benzene ring substituents is 1. The number of fused-ring (bicyclic) bond motifs is 1. The van der Waals surface area contributed by atoms with Crippen molar-refractivity contribution in [3.8, 4) is 11.5 Å². The van der Waals surface area contributed by atoms with E-state index in [1.807, 2.05) is 18.2 Å². The monoisotopic (exact) mass is 406 g/mol.